The number of amides is 1. The number of aromatic nitrogens is 2. The Bertz CT molecular complexity index is 593. The van der Waals surface area contributed by atoms with Crippen molar-refractivity contribution in [3.63, 3.8) is 0 Å². The molecule has 1 aromatic carbocycles. The second-order valence-corrected chi connectivity index (χ2v) is 4.69. The Morgan fingerprint density at radius 2 is 2.16 bits per heavy atom. The summed E-state index contributed by atoms with van der Waals surface area (Å²) in [7, 11) is 0. The highest BCUT2D eigenvalue weighted by Gasteiger charge is 2.06. The minimum atomic E-state index is -0.300. The maximum Gasteiger partial charge on any atom is 0.247 e. The van der Waals surface area contributed by atoms with Crippen LogP contribution >= 0.6 is 11.3 Å². The van der Waals surface area contributed by atoms with Gasteiger partial charge in [0.05, 0.1) is 12.6 Å². The first-order valence-electron chi connectivity index (χ1n) is 5.32. The normalized spacial score (nSPS) is 10.7. The van der Waals surface area contributed by atoms with Gasteiger partial charge in [0.15, 0.2) is 0 Å². The lowest BCUT2D eigenvalue weighted by Crippen LogP contribution is -2.19. The van der Waals surface area contributed by atoms with Crippen LogP contribution in [0.25, 0.3) is 0 Å². The van der Waals surface area contributed by atoms with Crippen LogP contribution in [0.15, 0.2) is 29.4 Å². The van der Waals surface area contributed by atoms with E-state index in [1.807, 2.05) is 0 Å². The number of phenols is 1. The number of anilines is 1. The maximum atomic E-state index is 11.5. The summed E-state index contributed by atoms with van der Waals surface area (Å²) in [5.74, 6) is -0.124. The zero-order valence-electron chi connectivity index (χ0n) is 9.78. The van der Waals surface area contributed by atoms with Crippen LogP contribution in [0.5, 0.6) is 5.75 Å². The number of nitrogens with one attached hydrogen (secondary N) is 1. The number of nitrogens with zero attached hydrogens (tertiary/aromatic N) is 3. The summed E-state index contributed by atoms with van der Waals surface area (Å²) in [6.07, 6.45) is 1.56. The predicted octanol–water partition coefficient (Wildman–Crippen LogP) is 0.519. The largest absolute Gasteiger partial charge is 0.508 e. The minimum absolute atomic E-state index is 0.0851. The fraction of sp³-hybridized carbons (Fsp3) is 0.0909. The zero-order valence-corrected chi connectivity index (χ0v) is 10.6. The fourth-order valence-electron chi connectivity index (χ4n) is 1.25. The number of nitrogen functional groups attached to an aromatic ring is 1. The lowest BCUT2D eigenvalue weighted by atomic mass is 10.2. The van der Waals surface area contributed by atoms with Crippen molar-refractivity contribution in [1.82, 2.24) is 15.6 Å². The number of carbonyl (C=O) groups excluding carboxylic acids is 1. The second kappa shape index (κ2) is 5.91. The topological polar surface area (TPSA) is 113 Å². The Morgan fingerprint density at radius 1 is 1.42 bits per heavy atom. The molecule has 0 spiro atoms. The Morgan fingerprint density at radius 3 is 2.79 bits per heavy atom. The Labute approximate surface area is 112 Å². The van der Waals surface area contributed by atoms with Gasteiger partial charge in [0.2, 0.25) is 11.0 Å². The van der Waals surface area contributed by atoms with Gasteiger partial charge in [-0.05, 0) is 29.8 Å². The molecule has 8 heteroatoms. The van der Waals surface area contributed by atoms with Gasteiger partial charge in [0, 0.05) is 0 Å². The molecule has 7 nitrogen and oxygen atoms in total. The summed E-state index contributed by atoms with van der Waals surface area (Å²) < 4.78 is 0. The Hall–Kier alpha value is -2.48. The first-order valence-corrected chi connectivity index (χ1v) is 6.14. The highest BCUT2D eigenvalue weighted by Crippen LogP contribution is 2.11. The van der Waals surface area contributed by atoms with E-state index in [0.29, 0.717) is 10.1 Å². The average Bonchev–Trinajstić information content (AvgIpc) is 2.77. The molecule has 0 bridgehead atoms. The molecule has 0 saturated heterocycles. The third-order valence-corrected chi connectivity index (χ3v) is 2.84. The van der Waals surface area contributed by atoms with E-state index in [9.17, 15) is 4.79 Å². The fourth-order valence-corrected chi connectivity index (χ4v) is 1.86. The van der Waals surface area contributed by atoms with Crippen LogP contribution < -0.4 is 11.2 Å². The van der Waals surface area contributed by atoms with Crippen molar-refractivity contribution in [3.05, 3.63) is 34.8 Å². The van der Waals surface area contributed by atoms with E-state index in [2.05, 4.69) is 20.7 Å². The van der Waals surface area contributed by atoms with Gasteiger partial charge in [-0.1, -0.05) is 11.3 Å². The smallest absolute Gasteiger partial charge is 0.247 e. The van der Waals surface area contributed by atoms with Crippen LogP contribution in [0, 0.1) is 0 Å². The molecular weight excluding hydrogens is 266 g/mol. The van der Waals surface area contributed by atoms with Crippen molar-refractivity contribution in [2.45, 2.75) is 6.42 Å². The van der Waals surface area contributed by atoms with E-state index in [1.165, 1.54) is 18.3 Å². The lowest BCUT2D eigenvalue weighted by Gasteiger charge is -1.96. The van der Waals surface area contributed by atoms with Gasteiger partial charge in [-0.25, -0.2) is 5.43 Å². The first-order chi connectivity index (χ1) is 9.13. The molecule has 98 valence electrons. The van der Waals surface area contributed by atoms with E-state index in [1.54, 1.807) is 12.1 Å². The number of hydrogen-bond donors (Lipinski definition) is 3. The van der Waals surface area contributed by atoms with E-state index in [0.717, 1.165) is 16.9 Å². The Kier molecular flexibility index (Phi) is 4.04. The van der Waals surface area contributed by atoms with Gasteiger partial charge in [0.1, 0.15) is 10.8 Å². The summed E-state index contributed by atoms with van der Waals surface area (Å²) in [4.78, 5) is 11.5. The van der Waals surface area contributed by atoms with Crippen molar-refractivity contribution in [2.75, 3.05) is 5.73 Å². The number of nitrogens with two attached hydrogens (primary N) is 1. The number of hydrogen-bond acceptors (Lipinski definition) is 7. The SMILES string of the molecule is Nc1nnc(CC(=O)N/N=C\c2ccc(O)cc2)s1. The summed E-state index contributed by atoms with van der Waals surface area (Å²) in [5.41, 5.74) is 8.54. The maximum absolute atomic E-state index is 11.5. The molecule has 1 aromatic heterocycles. The van der Waals surface area contributed by atoms with E-state index in [4.69, 9.17) is 10.8 Å². The quantitative estimate of drug-likeness (QED) is 0.557. The van der Waals surface area contributed by atoms with E-state index >= 15 is 0 Å². The van der Waals surface area contributed by atoms with Gasteiger partial charge in [0.25, 0.3) is 0 Å². The molecule has 4 N–H and O–H groups in total. The van der Waals surface area contributed by atoms with E-state index in [-0.39, 0.29) is 18.1 Å². The third-order valence-electron chi connectivity index (χ3n) is 2.09. The molecule has 1 heterocycles. The molecule has 19 heavy (non-hydrogen) atoms. The summed E-state index contributed by atoms with van der Waals surface area (Å²) in [6, 6.07) is 6.42. The number of benzene rings is 1. The molecule has 0 unspecified atom stereocenters. The molecule has 0 aliphatic rings. The first kappa shape index (κ1) is 13.0. The molecular formula is C11H11N5O2S. The molecule has 1 amide bonds. The Balaban J connectivity index is 1.84. The van der Waals surface area contributed by atoms with Gasteiger partial charge in [-0.2, -0.15) is 5.10 Å². The van der Waals surface area contributed by atoms with Crippen molar-refractivity contribution in [2.24, 2.45) is 5.10 Å². The van der Waals surface area contributed by atoms with Gasteiger partial charge < -0.3 is 10.8 Å². The molecule has 0 atom stereocenters. The van der Waals surface area contributed by atoms with Crippen molar-refractivity contribution >= 4 is 28.6 Å². The molecule has 2 rings (SSSR count). The number of hydrazone groups is 1. The average molecular weight is 277 g/mol. The number of rotatable bonds is 4. The lowest BCUT2D eigenvalue weighted by molar-refractivity contribution is -0.120. The third kappa shape index (κ3) is 4.03. The van der Waals surface area contributed by atoms with Crippen molar-refractivity contribution in [1.29, 1.82) is 0 Å². The van der Waals surface area contributed by atoms with Crippen molar-refractivity contribution in [3.8, 4) is 5.75 Å². The van der Waals surface area contributed by atoms with E-state index < -0.39 is 0 Å². The minimum Gasteiger partial charge on any atom is -0.508 e. The molecule has 0 saturated carbocycles. The van der Waals surface area contributed by atoms with Crippen molar-refractivity contribution < 1.29 is 9.90 Å². The number of phenolic OH excluding ortho intramolecular Hbond substituents is 1. The van der Waals surface area contributed by atoms with Crippen LogP contribution in [0.4, 0.5) is 5.13 Å². The highest BCUT2D eigenvalue weighted by molar-refractivity contribution is 7.15. The molecule has 0 radical (unpaired) electrons. The zero-order chi connectivity index (χ0) is 13.7. The summed E-state index contributed by atoms with van der Waals surface area (Å²) >= 11 is 1.16. The molecule has 2 aromatic rings. The monoisotopic (exact) mass is 277 g/mol. The number of carbonyl (C=O) groups is 1. The van der Waals surface area contributed by atoms with Crippen LogP contribution in [0.1, 0.15) is 10.6 Å². The summed E-state index contributed by atoms with van der Waals surface area (Å²) in [5, 5.41) is 21.1. The van der Waals surface area contributed by atoms with Crippen LogP contribution in [-0.4, -0.2) is 27.4 Å². The van der Waals surface area contributed by atoms with Crippen LogP contribution in [0.2, 0.25) is 0 Å². The van der Waals surface area contributed by atoms with Gasteiger partial charge >= 0.3 is 0 Å². The van der Waals surface area contributed by atoms with Crippen LogP contribution in [0.3, 0.4) is 0 Å². The summed E-state index contributed by atoms with van der Waals surface area (Å²) in [6.45, 7) is 0. The standard InChI is InChI=1S/C11H11N5O2S/c12-11-16-15-10(19-11)5-9(18)14-13-6-7-1-3-8(17)4-2-7/h1-4,6,17H,5H2,(H2,12,16)(H,14,18)/b13-6-. The molecule has 0 fully saturated rings. The predicted molar refractivity (Wildman–Crippen MR) is 71.9 cm³/mol. The van der Waals surface area contributed by atoms with Gasteiger partial charge in [-0.3, -0.25) is 4.79 Å². The second-order valence-electron chi connectivity index (χ2n) is 3.60. The molecule has 0 aliphatic heterocycles. The molecule has 0 aliphatic carbocycles. The number of aromatic hydroxyl groups is 1. The highest BCUT2D eigenvalue weighted by atomic mass is 32.1. The van der Waals surface area contributed by atoms with Crippen LogP contribution in [-0.2, 0) is 11.2 Å². The van der Waals surface area contributed by atoms with Gasteiger partial charge in [-0.15, -0.1) is 10.2 Å².